The van der Waals surface area contributed by atoms with Gasteiger partial charge in [0.1, 0.15) is 5.69 Å². The number of amidine groups is 1. The molecule has 0 aromatic heterocycles. The number of benzene rings is 3. The number of para-hydroxylation sites is 1. The smallest absolute Gasteiger partial charge is 0.284 e. The Labute approximate surface area is 195 Å². The van der Waals surface area contributed by atoms with Crippen LogP contribution in [0.25, 0.3) is 0 Å². The molecule has 0 radical (unpaired) electrons. The molecule has 0 saturated carbocycles. The molecule has 0 amide bonds. The monoisotopic (exact) mass is 452 g/mol. The third-order valence-electron chi connectivity index (χ3n) is 5.86. The molecule has 0 unspecified atom stereocenters. The highest BCUT2D eigenvalue weighted by Gasteiger charge is 2.28. The first kappa shape index (κ1) is 21.7. The number of fused-ring (bicyclic) bond motifs is 2. The largest absolute Gasteiger partial charge is 1.00 e. The van der Waals surface area contributed by atoms with Crippen molar-refractivity contribution in [1.29, 1.82) is 0 Å². The van der Waals surface area contributed by atoms with Crippen molar-refractivity contribution in [3.8, 4) is 0 Å². The van der Waals surface area contributed by atoms with Gasteiger partial charge in [0.05, 0.1) is 30.0 Å². The van der Waals surface area contributed by atoms with Crippen LogP contribution in [0, 0.1) is 6.92 Å². The number of piperazine rings is 1. The molecule has 31 heavy (non-hydrogen) atoms. The molecule has 4 nitrogen and oxygen atoms in total. The van der Waals surface area contributed by atoms with E-state index in [1.807, 2.05) is 18.2 Å². The Morgan fingerprint density at radius 2 is 1.68 bits per heavy atom. The van der Waals surface area contributed by atoms with Crippen LogP contribution in [0.1, 0.15) is 16.7 Å². The summed E-state index contributed by atoms with van der Waals surface area (Å²) in [7, 11) is 0. The Kier molecular flexibility index (Phi) is 6.51. The maximum absolute atomic E-state index is 6.28. The molecule has 0 spiro atoms. The van der Waals surface area contributed by atoms with Gasteiger partial charge in [-0.2, -0.15) is 0 Å². The highest BCUT2D eigenvalue weighted by molar-refractivity contribution is 6.31. The van der Waals surface area contributed by atoms with Crippen LogP contribution in [0.15, 0.2) is 66.7 Å². The Bertz CT molecular complexity index is 1120. The van der Waals surface area contributed by atoms with Crippen LogP contribution in [0.2, 0.25) is 5.02 Å². The van der Waals surface area contributed by atoms with Gasteiger partial charge in [-0.05, 0) is 36.8 Å². The van der Waals surface area contributed by atoms with E-state index in [1.54, 1.807) is 0 Å². The highest BCUT2D eigenvalue weighted by atomic mass is 35.5. The lowest BCUT2D eigenvalue weighted by Gasteiger charge is -2.28. The normalized spacial score (nSPS) is 15.7. The quantitative estimate of drug-likeness (QED) is 0.583. The van der Waals surface area contributed by atoms with E-state index in [0.717, 1.165) is 60.6 Å². The maximum Gasteiger partial charge on any atom is 0.284 e. The predicted octanol–water partition coefficient (Wildman–Crippen LogP) is 2.10. The van der Waals surface area contributed by atoms with Gasteiger partial charge in [-0.3, -0.25) is 9.48 Å². The molecule has 2 aliphatic rings. The fraction of sp³-hybridized carbons (Fsp3) is 0.240. The van der Waals surface area contributed by atoms with Crippen LogP contribution in [-0.2, 0) is 6.54 Å². The standard InChI is InChI=1S/C25H25ClN4.ClH/c1-18-5-4-6-19(15-18)17-29-11-13-30(14-12-29)25-21-7-2-3-8-22(21)27-23-10-9-20(26)16-24(23)28-25;/h2-10,15-16H,11-14,17H2,1H3,(H,27,28);1H. The van der Waals surface area contributed by atoms with E-state index in [4.69, 9.17) is 11.6 Å². The molecule has 1 fully saturated rings. The number of rotatable bonds is 2. The Morgan fingerprint density at radius 1 is 0.871 bits per heavy atom. The lowest BCUT2D eigenvalue weighted by atomic mass is 10.1. The molecule has 160 valence electrons. The number of anilines is 3. The third-order valence-corrected chi connectivity index (χ3v) is 6.10. The molecule has 0 bridgehead atoms. The van der Waals surface area contributed by atoms with E-state index in [9.17, 15) is 0 Å². The van der Waals surface area contributed by atoms with Crippen LogP contribution >= 0.6 is 11.6 Å². The predicted molar refractivity (Wildman–Crippen MR) is 125 cm³/mol. The molecule has 3 aromatic rings. The van der Waals surface area contributed by atoms with Crippen molar-refractivity contribution in [2.75, 3.05) is 36.8 Å². The van der Waals surface area contributed by atoms with Gasteiger partial charge in [-0.15, -0.1) is 0 Å². The van der Waals surface area contributed by atoms with Gasteiger partial charge in [0.15, 0.2) is 0 Å². The summed E-state index contributed by atoms with van der Waals surface area (Å²) in [6, 6.07) is 23.3. The zero-order valence-corrected chi connectivity index (χ0v) is 19.0. The summed E-state index contributed by atoms with van der Waals surface area (Å²) < 4.78 is 2.46. The molecule has 0 aliphatic carbocycles. The Balaban J connectivity index is 0.00000231. The molecular weight excluding hydrogens is 427 g/mol. The summed E-state index contributed by atoms with van der Waals surface area (Å²) in [4.78, 5) is 2.54. The summed E-state index contributed by atoms with van der Waals surface area (Å²) in [5.74, 6) is 1.15. The summed E-state index contributed by atoms with van der Waals surface area (Å²) in [6.07, 6.45) is 0. The lowest BCUT2D eigenvalue weighted by Crippen LogP contribution is -3.00. The molecule has 2 N–H and O–H groups in total. The van der Waals surface area contributed by atoms with Crippen LogP contribution < -0.4 is 23.0 Å². The van der Waals surface area contributed by atoms with E-state index in [2.05, 4.69) is 75.6 Å². The number of halogens is 2. The van der Waals surface area contributed by atoms with E-state index in [1.165, 1.54) is 16.7 Å². The second kappa shape index (κ2) is 9.31. The molecule has 3 aromatic carbocycles. The van der Waals surface area contributed by atoms with Gasteiger partial charge in [-0.25, -0.2) is 5.32 Å². The first-order valence-corrected chi connectivity index (χ1v) is 10.9. The van der Waals surface area contributed by atoms with E-state index >= 15 is 0 Å². The average Bonchev–Trinajstić information content (AvgIpc) is 2.91. The fourth-order valence-corrected chi connectivity index (χ4v) is 4.49. The van der Waals surface area contributed by atoms with Gasteiger partial charge >= 0.3 is 0 Å². The zero-order valence-electron chi connectivity index (χ0n) is 17.5. The Morgan fingerprint density at radius 3 is 2.48 bits per heavy atom. The zero-order chi connectivity index (χ0) is 20.5. The van der Waals surface area contributed by atoms with Crippen molar-refractivity contribution < 1.29 is 17.0 Å². The molecule has 2 aliphatic heterocycles. The molecular formula is C25H26Cl2N4. The minimum Gasteiger partial charge on any atom is -1.00 e. The second-order valence-corrected chi connectivity index (χ2v) is 8.52. The minimum absolute atomic E-state index is 0. The number of hydrogen-bond donors (Lipinski definition) is 2. The van der Waals surface area contributed by atoms with Gasteiger partial charge in [0.25, 0.3) is 5.84 Å². The SMILES string of the molecule is Cc1cccc(CN2CC[N+](=C3Nc4cc(Cl)ccc4Nc4ccccc43)CC2)c1.[Cl-]. The van der Waals surface area contributed by atoms with E-state index in [-0.39, 0.29) is 12.4 Å². The van der Waals surface area contributed by atoms with Crippen LogP contribution in [-0.4, -0.2) is 41.5 Å². The van der Waals surface area contributed by atoms with Crippen molar-refractivity contribution in [3.05, 3.63) is 88.4 Å². The Hall–Kier alpha value is -2.53. The third kappa shape index (κ3) is 4.72. The van der Waals surface area contributed by atoms with Gasteiger partial charge in [0.2, 0.25) is 0 Å². The van der Waals surface area contributed by atoms with Crippen LogP contribution in [0.4, 0.5) is 17.1 Å². The first-order valence-electron chi connectivity index (χ1n) is 10.5. The van der Waals surface area contributed by atoms with Gasteiger partial charge < -0.3 is 17.7 Å². The molecule has 5 rings (SSSR count). The minimum atomic E-state index is 0. The summed E-state index contributed by atoms with van der Waals surface area (Å²) in [6.45, 7) is 7.21. The number of aryl methyl sites for hydroxylation is 1. The number of hydrogen-bond acceptors (Lipinski definition) is 2. The van der Waals surface area contributed by atoms with Crippen molar-refractivity contribution >= 4 is 34.5 Å². The van der Waals surface area contributed by atoms with Gasteiger partial charge in [-0.1, -0.05) is 53.6 Å². The second-order valence-electron chi connectivity index (χ2n) is 8.09. The van der Waals surface area contributed by atoms with Crippen molar-refractivity contribution in [2.24, 2.45) is 0 Å². The van der Waals surface area contributed by atoms with Crippen molar-refractivity contribution in [1.82, 2.24) is 4.90 Å². The van der Waals surface area contributed by atoms with Crippen LogP contribution in [0.3, 0.4) is 0 Å². The molecule has 0 atom stereocenters. The highest BCUT2D eigenvalue weighted by Crippen LogP contribution is 2.34. The lowest BCUT2D eigenvalue weighted by molar-refractivity contribution is -0.539. The average molecular weight is 453 g/mol. The van der Waals surface area contributed by atoms with E-state index in [0.29, 0.717) is 0 Å². The fourth-order valence-electron chi connectivity index (χ4n) is 4.32. The molecule has 6 heteroatoms. The maximum atomic E-state index is 6.28. The topological polar surface area (TPSA) is 30.3 Å². The summed E-state index contributed by atoms with van der Waals surface area (Å²) >= 11 is 6.28. The van der Waals surface area contributed by atoms with Crippen LogP contribution in [0.5, 0.6) is 0 Å². The molecule has 2 heterocycles. The first-order chi connectivity index (χ1) is 14.7. The number of nitrogens with zero attached hydrogens (tertiary/aromatic N) is 2. The number of nitrogens with one attached hydrogen (secondary N) is 2. The van der Waals surface area contributed by atoms with Gasteiger partial charge in [0, 0.05) is 30.7 Å². The van der Waals surface area contributed by atoms with Crippen molar-refractivity contribution in [3.63, 3.8) is 0 Å². The summed E-state index contributed by atoms with van der Waals surface area (Å²) in [5.41, 5.74) is 7.07. The summed E-state index contributed by atoms with van der Waals surface area (Å²) in [5, 5.41) is 7.97. The molecule has 1 saturated heterocycles. The van der Waals surface area contributed by atoms with E-state index < -0.39 is 0 Å². The van der Waals surface area contributed by atoms with Crippen molar-refractivity contribution in [2.45, 2.75) is 13.5 Å².